The van der Waals surface area contributed by atoms with Gasteiger partial charge >= 0.3 is 0 Å². The molecule has 1 aromatic carbocycles. The first-order valence-electron chi connectivity index (χ1n) is 9.91. The number of nitrogens with zero attached hydrogens (tertiary/aromatic N) is 6. The number of benzene rings is 1. The third kappa shape index (κ3) is 3.20. The Kier molecular flexibility index (Phi) is 4.66. The summed E-state index contributed by atoms with van der Waals surface area (Å²) in [5, 5.41) is 4.49. The second-order valence-electron chi connectivity index (χ2n) is 7.16. The van der Waals surface area contributed by atoms with Crippen molar-refractivity contribution in [3.05, 3.63) is 48.9 Å². The average molecular weight is 402 g/mol. The Morgan fingerprint density at radius 2 is 1.70 bits per heavy atom. The van der Waals surface area contributed by atoms with Crippen molar-refractivity contribution in [2.24, 2.45) is 0 Å². The number of fused-ring (bicyclic) bond motifs is 1. The van der Waals surface area contributed by atoms with Crippen molar-refractivity contribution in [2.45, 2.75) is 12.8 Å². The van der Waals surface area contributed by atoms with E-state index in [0.29, 0.717) is 17.3 Å². The molecule has 0 radical (unpaired) electrons. The summed E-state index contributed by atoms with van der Waals surface area (Å²) < 4.78 is 12.5. The highest BCUT2D eigenvalue weighted by atomic mass is 16.5. The standard InChI is InChI=1S/C22H22N6O2/c1-29-19-7-6-16(11-20(19)30-2)28-18-14-24-22(26-17(18)13-25-28)15-5-8-21(23-12-15)27-9-3-4-10-27/h5-8,11-14H,3-4,9-10H2,1-2H3. The van der Waals surface area contributed by atoms with Crippen molar-refractivity contribution >= 4 is 16.9 Å². The highest BCUT2D eigenvalue weighted by Crippen LogP contribution is 2.30. The zero-order valence-electron chi connectivity index (χ0n) is 16.9. The molecule has 0 N–H and O–H groups in total. The molecular weight excluding hydrogens is 380 g/mol. The van der Waals surface area contributed by atoms with Gasteiger partial charge in [0.15, 0.2) is 17.3 Å². The van der Waals surface area contributed by atoms with Gasteiger partial charge in [-0.15, -0.1) is 0 Å². The molecule has 1 aliphatic heterocycles. The summed E-state index contributed by atoms with van der Waals surface area (Å²) in [6.45, 7) is 2.15. The van der Waals surface area contributed by atoms with Gasteiger partial charge in [-0.25, -0.2) is 19.6 Å². The van der Waals surface area contributed by atoms with E-state index in [9.17, 15) is 0 Å². The molecule has 3 aromatic heterocycles. The first kappa shape index (κ1) is 18.4. The lowest BCUT2D eigenvalue weighted by Crippen LogP contribution is -2.18. The van der Waals surface area contributed by atoms with Gasteiger partial charge in [-0.3, -0.25) is 0 Å². The van der Waals surface area contributed by atoms with E-state index in [-0.39, 0.29) is 0 Å². The molecule has 4 aromatic rings. The fourth-order valence-corrected chi connectivity index (χ4v) is 3.77. The van der Waals surface area contributed by atoms with Gasteiger partial charge in [-0.05, 0) is 37.1 Å². The quantitative estimate of drug-likeness (QED) is 0.506. The van der Waals surface area contributed by atoms with Crippen LogP contribution in [0.2, 0.25) is 0 Å². The van der Waals surface area contributed by atoms with Crippen LogP contribution in [0.1, 0.15) is 12.8 Å². The van der Waals surface area contributed by atoms with Crippen molar-refractivity contribution in [3.8, 4) is 28.6 Å². The van der Waals surface area contributed by atoms with Crippen LogP contribution in [-0.2, 0) is 0 Å². The van der Waals surface area contributed by atoms with E-state index >= 15 is 0 Å². The number of anilines is 1. The minimum absolute atomic E-state index is 0.634. The largest absolute Gasteiger partial charge is 0.493 e. The summed E-state index contributed by atoms with van der Waals surface area (Å²) in [6, 6.07) is 9.72. The molecule has 1 saturated heterocycles. The molecule has 8 nitrogen and oxygen atoms in total. The molecule has 0 spiro atoms. The predicted octanol–water partition coefficient (Wildman–Crippen LogP) is 3.49. The van der Waals surface area contributed by atoms with Crippen LogP contribution >= 0.6 is 0 Å². The maximum Gasteiger partial charge on any atom is 0.162 e. The van der Waals surface area contributed by atoms with Gasteiger partial charge in [0.05, 0.1) is 32.3 Å². The molecule has 4 heterocycles. The second kappa shape index (κ2) is 7.62. The highest BCUT2D eigenvalue weighted by Gasteiger charge is 2.15. The molecule has 0 bridgehead atoms. The Morgan fingerprint density at radius 3 is 2.43 bits per heavy atom. The topological polar surface area (TPSA) is 78.2 Å². The lowest BCUT2D eigenvalue weighted by Gasteiger charge is -2.16. The van der Waals surface area contributed by atoms with Gasteiger partial charge in [0.2, 0.25) is 0 Å². The summed E-state index contributed by atoms with van der Waals surface area (Å²) in [4.78, 5) is 16.2. The molecular formula is C22H22N6O2. The Hall–Kier alpha value is -3.68. The molecule has 0 amide bonds. The van der Waals surface area contributed by atoms with Crippen LogP contribution in [0.5, 0.6) is 11.5 Å². The highest BCUT2D eigenvalue weighted by molar-refractivity contribution is 5.77. The van der Waals surface area contributed by atoms with E-state index in [1.807, 2.05) is 36.5 Å². The van der Waals surface area contributed by atoms with Crippen LogP contribution in [0.3, 0.4) is 0 Å². The average Bonchev–Trinajstić information content (AvgIpc) is 3.48. The SMILES string of the molecule is COc1ccc(-n2ncc3nc(-c4ccc(N5CCCC5)nc4)ncc32)cc1OC. The lowest BCUT2D eigenvalue weighted by molar-refractivity contribution is 0.355. The van der Waals surface area contributed by atoms with Crippen LogP contribution < -0.4 is 14.4 Å². The zero-order valence-corrected chi connectivity index (χ0v) is 16.9. The van der Waals surface area contributed by atoms with Crippen molar-refractivity contribution in [3.63, 3.8) is 0 Å². The van der Waals surface area contributed by atoms with Crippen LogP contribution in [0.4, 0.5) is 5.82 Å². The molecule has 0 saturated carbocycles. The minimum Gasteiger partial charge on any atom is -0.493 e. The van der Waals surface area contributed by atoms with Crippen LogP contribution in [0, 0.1) is 0 Å². The van der Waals surface area contributed by atoms with Crippen molar-refractivity contribution in [2.75, 3.05) is 32.2 Å². The van der Waals surface area contributed by atoms with E-state index in [2.05, 4.69) is 20.0 Å². The Balaban J connectivity index is 1.46. The molecule has 0 unspecified atom stereocenters. The molecule has 30 heavy (non-hydrogen) atoms. The summed E-state index contributed by atoms with van der Waals surface area (Å²) in [7, 11) is 3.23. The monoisotopic (exact) mass is 402 g/mol. The van der Waals surface area contributed by atoms with Gasteiger partial charge in [-0.2, -0.15) is 5.10 Å². The van der Waals surface area contributed by atoms with E-state index in [0.717, 1.165) is 41.2 Å². The van der Waals surface area contributed by atoms with Crippen LogP contribution in [0.15, 0.2) is 48.9 Å². The summed E-state index contributed by atoms with van der Waals surface area (Å²) >= 11 is 0. The van der Waals surface area contributed by atoms with E-state index in [1.54, 1.807) is 31.3 Å². The van der Waals surface area contributed by atoms with Gasteiger partial charge in [-0.1, -0.05) is 0 Å². The smallest absolute Gasteiger partial charge is 0.162 e. The van der Waals surface area contributed by atoms with Crippen LogP contribution in [0.25, 0.3) is 28.1 Å². The Labute approximate surface area is 174 Å². The fraction of sp³-hybridized carbons (Fsp3) is 0.273. The van der Waals surface area contributed by atoms with Gasteiger partial charge in [0.1, 0.15) is 16.9 Å². The lowest BCUT2D eigenvalue weighted by atomic mass is 10.2. The first-order valence-corrected chi connectivity index (χ1v) is 9.91. The zero-order chi connectivity index (χ0) is 20.5. The Morgan fingerprint density at radius 1 is 0.867 bits per heavy atom. The molecule has 1 fully saturated rings. The maximum atomic E-state index is 5.40. The number of rotatable bonds is 5. The van der Waals surface area contributed by atoms with Crippen molar-refractivity contribution < 1.29 is 9.47 Å². The Bertz CT molecular complexity index is 1180. The molecule has 0 atom stereocenters. The molecule has 1 aliphatic rings. The summed E-state index contributed by atoms with van der Waals surface area (Å²) in [5.41, 5.74) is 3.31. The molecule has 8 heteroatoms. The van der Waals surface area contributed by atoms with E-state index < -0.39 is 0 Å². The number of methoxy groups -OCH3 is 2. The number of ether oxygens (including phenoxy) is 2. The summed E-state index contributed by atoms with van der Waals surface area (Å²) in [6.07, 6.45) is 7.83. The number of pyridine rings is 1. The number of hydrogen-bond donors (Lipinski definition) is 0. The molecule has 152 valence electrons. The number of aromatic nitrogens is 5. The van der Waals surface area contributed by atoms with Crippen LogP contribution in [-0.4, -0.2) is 52.0 Å². The van der Waals surface area contributed by atoms with Gasteiger partial charge in [0.25, 0.3) is 0 Å². The summed E-state index contributed by atoms with van der Waals surface area (Å²) in [5.74, 6) is 2.95. The first-order chi connectivity index (χ1) is 14.8. The predicted molar refractivity (Wildman–Crippen MR) is 114 cm³/mol. The van der Waals surface area contributed by atoms with E-state index in [4.69, 9.17) is 14.5 Å². The third-order valence-electron chi connectivity index (χ3n) is 5.37. The van der Waals surface area contributed by atoms with Gasteiger partial charge < -0.3 is 14.4 Å². The minimum atomic E-state index is 0.634. The molecule has 0 aliphatic carbocycles. The van der Waals surface area contributed by atoms with Gasteiger partial charge in [0, 0.05) is 30.9 Å². The van der Waals surface area contributed by atoms with E-state index in [1.165, 1.54) is 12.8 Å². The molecule has 5 rings (SSSR count). The fourth-order valence-electron chi connectivity index (χ4n) is 3.77. The maximum absolute atomic E-state index is 5.40. The third-order valence-corrected chi connectivity index (χ3v) is 5.37. The number of hydrogen-bond acceptors (Lipinski definition) is 7. The van der Waals surface area contributed by atoms with Crippen molar-refractivity contribution in [1.29, 1.82) is 0 Å². The van der Waals surface area contributed by atoms with Crippen molar-refractivity contribution in [1.82, 2.24) is 24.7 Å². The second-order valence-corrected chi connectivity index (χ2v) is 7.16. The normalized spacial score (nSPS) is 13.7.